The zero-order chi connectivity index (χ0) is 17.8. The van der Waals surface area contributed by atoms with Gasteiger partial charge in [0.1, 0.15) is 12.4 Å². The average molecular weight is 344 g/mol. The first kappa shape index (κ1) is 17.6. The van der Waals surface area contributed by atoms with Crippen molar-refractivity contribution in [3.8, 4) is 0 Å². The third-order valence-corrected chi connectivity index (χ3v) is 4.76. The fraction of sp³-hybridized carbons (Fsp3) is 0.500. The summed E-state index contributed by atoms with van der Waals surface area (Å²) in [5, 5.41) is 28.0. The van der Waals surface area contributed by atoms with Gasteiger partial charge in [-0.2, -0.15) is 5.10 Å². The SMILES string of the molecule is CC(NCC(O)Cn1cc([N+](=O)[O-])cn1)c1ccc2c(c1)CCCC2. The first-order valence-electron chi connectivity index (χ1n) is 8.73. The van der Waals surface area contributed by atoms with Gasteiger partial charge in [-0.15, -0.1) is 0 Å². The number of nitro groups is 1. The van der Waals surface area contributed by atoms with E-state index in [-0.39, 0.29) is 18.3 Å². The molecule has 0 fully saturated rings. The summed E-state index contributed by atoms with van der Waals surface area (Å²) in [4.78, 5) is 10.2. The van der Waals surface area contributed by atoms with Crippen LogP contribution in [-0.2, 0) is 19.4 Å². The second kappa shape index (κ2) is 7.76. The van der Waals surface area contributed by atoms with Gasteiger partial charge < -0.3 is 10.4 Å². The van der Waals surface area contributed by atoms with E-state index >= 15 is 0 Å². The van der Waals surface area contributed by atoms with Crippen LogP contribution >= 0.6 is 0 Å². The summed E-state index contributed by atoms with van der Waals surface area (Å²) in [5.41, 5.74) is 4.06. The molecule has 0 radical (unpaired) electrons. The molecule has 1 aromatic heterocycles. The number of aliphatic hydroxyl groups is 1. The molecule has 0 aliphatic heterocycles. The Hall–Kier alpha value is -2.25. The number of aromatic nitrogens is 2. The number of fused-ring (bicyclic) bond motifs is 1. The number of aliphatic hydroxyl groups excluding tert-OH is 1. The highest BCUT2D eigenvalue weighted by Crippen LogP contribution is 2.24. The minimum Gasteiger partial charge on any atom is -0.390 e. The van der Waals surface area contributed by atoms with Crippen LogP contribution in [0.2, 0.25) is 0 Å². The highest BCUT2D eigenvalue weighted by molar-refractivity contribution is 5.35. The highest BCUT2D eigenvalue weighted by atomic mass is 16.6. The number of nitrogens with zero attached hydrogens (tertiary/aromatic N) is 3. The Balaban J connectivity index is 1.52. The van der Waals surface area contributed by atoms with Crippen LogP contribution in [0.4, 0.5) is 5.69 Å². The monoisotopic (exact) mass is 344 g/mol. The van der Waals surface area contributed by atoms with Crippen molar-refractivity contribution >= 4 is 5.69 Å². The van der Waals surface area contributed by atoms with Crippen molar-refractivity contribution < 1.29 is 10.0 Å². The maximum Gasteiger partial charge on any atom is 0.306 e. The first-order chi connectivity index (χ1) is 12.0. The van der Waals surface area contributed by atoms with Gasteiger partial charge in [-0.25, -0.2) is 0 Å². The van der Waals surface area contributed by atoms with Crippen molar-refractivity contribution in [3.63, 3.8) is 0 Å². The third-order valence-electron chi connectivity index (χ3n) is 4.76. The van der Waals surface area contributed by atoms with Gasteiger partial charge in [-0.3, -0.25) is 14.8 Å². The maximum absolute atomic E-state index is 10.7. The molecule has 2 aromatic rings. The van der Waals surface area contributed by atoms with Crippen molar-refractivity contribution in [1.82, 2.24) is 15.1 Å². The molecular weight excluding hydrogens is 320 g/mol. The molecule has 2 unspecified atom stereocenters. The van der Waals surface area contributed by atoms with Gasteiger partial charge in [-0.1, -0.05) is 18.2 Å². The Labute approximate surface area is 146 Å². The number of benzene rings is 1. The van der Waals surface area contributed by atoms with E-state index < -0.39 is 11.0 Å². The Morgan fingerprint density at radius 1 is 1.36 bits per heavy atom. The Kier molecular flexibility index (Phi) is 5.45. The van der Waals surface area contributed by atoms with Crippen LogP contribution in [-0.4, -0.2) is 32.5 Å². The molecule has 0 bridgehead atoms. The Bertz CT molecular complexity index is 744. The molecule has 2 atom stereocenters. The second-order valence-corrected chi connectivity index (χ2v) is 6.70. The van der Waals surface area contributed by atoms with Gasteiger partial charge in [-0.05, 0) is 49.3 Å². The van der Waals surface area contributed by atoms with Gasteiger partial charge in [0.25, 0.3) is 0 Å². The summed E-state index contributed by atoms with van der Waals surface area (Å²) in [5.74, 6) is 0. The summed E-state index contributed by atoms with van der Waals surface area (Å²) in [6, 6.07) is 6.79. The van der Waals surface area contributed by atoms with E-state index in [4.69, 9.17) is 0 Å². The minimum absolute atomic E-state index is 0.0670. The van der Waals surface area contributed by atoms with Gasteiger partial charge in [0, 0.05) is 12.6 Å². The van der Waals surface area contributed by atoms with Crippen LogP contribution in [0.15, 0.2) is 30.6 Å². The summed E-state index contributed by atoms with van der Waals surface area (Å²) < 4.78 is 1.40. The van der Waals surface area contributed by atoms with Gasteiger partial charge in [0.05, 0.1) is 17.6 Å². The largest absolute Gasteiger partial charge is 0.390 e. The Morgan fingerprint density at radius 2 is 2.12 bits per heavy atom. The normalized spacial score (nSPS) is 16.2. The van der Waals surface area contributed by atoms with Crippen LogP contribution in [0.3, 0.4) is 0 Å². The number of hydrogen-bond acceptors (Lipinski definition) is 5. The summed E-state index contributed by atoms with van der Waals surface area (Å²) in [6.45, 7) is 2.69. The molecular formula is C18H24N4O3. The summed E-state index contributed by atoms with van der Waals surface area (Å²) in [6.07, 6.45) is 6.71. The smallest absolute Gasteiger partial charge is 0.306 e. The van der Waals surface area contributed by atoms with Gasteiger partial charge in [0.2, 0.25) is 0 Å². The van der Waals surface area contributed by atoms with Crippen molar-refractivity contribution in [1.29, 1.82) is 0 Å². The van der Waals surface area contributed by atoms with E-state index in [1.807, 2.05) is 0 Å². The van der Waals surface area contributed by atoms with E-state index in [0.29, 0.717) is 6.54 Å². The third kappa shape index (κ3) is 4.43. The van der Waals surface area contributed by atoms with Crippen molar-refractivity contribution in [2.75, 3.05) is 6.54 Å². The average Bonchev–Trinajstić information content (AvgIpc) is 3.08. The molecule has 1 heterocycles. The first-order valence-corrected chi connectivity index (χ1v) is 8.73. The van der Waals surface area contributed by atoms with Gasteiger partial charge in [0.15, 0.2) is 0 Å². The molecule has 1 aliphatic carbocycles. The van der Waals surface area contributed by atoms with Crippen LogP contribution < -0.4 is 5.32 Å². The van der Waals surface area contributed by atoms with Crippen molar-refractivity contribution in [2.45, 2.75) is 51.3 Å². The number of rotatable bonds is 7. The van der Waals surface area contributed by atoms with Crippen LogP contribution in [0.5, 0.6) is 0 Å². The lowest BCUT2D eigenvalue weighted by molar-refractivity contribution is -0.385. The fourth-order valence-electron chi connectivity index (χ4n) is 3.28. The molecule has 1 aromatic carbocycles. The maximum atomic E-state index is 10.7. The molecule has 7 nitrogen and oxygen atoms in total. The van der Waals surface area contributed by atoms with E-state index in [9.17, 15) is 15.2 Å². The van der Waals surface area contributed by atoms with Crippen molar-refractivity contribution in [2.24, 2.45) is 0 Å². The molecule has 7 heteroatoms. The zero-order valence-corrected chi connectivity index (χ0v) is 14.4. The fourth-order valence-corrected chi connectivity index (χ4v) is 3.28. The summed E-state index contributed by atoms with van der Waals surface area (Å²) >= 11 is 0. The zero-order valence-electron chi connectivity index (χ0n) is 14.4. The highest BCUT2D eigenvalue weighted by Gasteiger charge is 2.15. The summed E-state index contributed by atoms with van der Waals surface area (Å²) in [7, 11) is 0. The quantitative estimate of drug-likeness (QED) is 0.594. The molecule has 1 aliphatic rings. The lowest BCUT2D eigenvalue weighted by Gasteiger charge is -2.21. The second-order valence-electron chi connectivity index (χ2n) is 6.70. The number of nitrogens with one attached hydrogen (secondary N) is 1. The van der Waals surface area contributed by atoms with Crippen LogP contribution in [0.25, 0.3) is 0 Å². The van der Waals surface area contributed by atoms with Crippen molar-refractivity contribution in [3.05, 3.63) is 57.4 Å². The molecule has 134 valence electrons. The molecule has 0 saturated heterocycles. The standard InChI is InChI=1S/C18H24N4O3/c1-13(15-7-6-14-4-2-3-5-16(14)8-15)19-10-18(23)12-21-11-17(9-20-21)22(24)25/h6-9,11,13,18-19,23H,2-5,10,12H2,1H3. The number of aryl methyl sites for hydroxylation is 2. The molecule has 0 spiro atoms. The van der Waals surface area contributed by atoms with Crippen LogP contribution in [0.1, 0.15) is 42.5 Å². The predicted octanol–water partition coefficient (Wildman–Crippen LogP) is 2.38. The van der Waals surface area contributed by atoms with Crippen LogP contribution in [0, 0.1) is 10.1 Å². The topological polar surface area (TPSA) is 93.2 Å². The molecule has 25 heavy (non-hydrogen) atoms. The molecule has 0 saturated carbocycles. The lowest BCUT2D eigenvalue weighted by atomic mass is 9.89. The predicted molar refractivity (Wildman–Crippen MR) is 94.4 cm³/mol. The number of hydrogen-bond donors (Lipinski definition) is 2. The lowest BCUT2D eigenvalue weighted by Crippen LogP contribution is -2.32. The van der Waals surface area contributed by atoms with E-state index in [0.717, 1.165) is 6.42 Å². The van der Waals surface area contributed by atoms with E-state index in [2.05, 4.69) is 35.5 Å². The molecule has 0 amide bonds. The Morgan fingerprint density at radius 3 is 2.84 bits per heavy atom. The van der Waals surface area contributed by atoms with E-state index in [1.165, 1.54) is 53.0 Å². The van der Waals surface area contributed by atoms with E-state index in [1.54, 1.807) is 0 Å². The minimum atomic E-state index is -0.667. The van der Waals surface area contributed by atoms with Gasteiger partial charge >= 0.3 is 5.69 Å². The molecule has 2 N–H and O–H groups in total. The molecule has 3 rings (SSSR count).